The summed E-state index contributed by atoms with van der Waals surface area (Å²) in [5.41, 5.74) is 0. The number of nitrogens with zero attached hydrogens (tertiary/aromatic N) is 1. The number of esters is 1. The SMILES string of the molecule is CCCCC(C(=O)OC)N1CCCOC(C)C1. The summed E-state index contributed by atoms with van der Waals surface area (Å²) in [4.78, 5) is 14.1. The predicted octanol–water partition coefficient (Wildman–Crippen LogP) is 1.83. The van der Waals surface area contributed by atoms with Crippen LogP contribution in [0.15, 0.2) is 0 Å². The Bertz CT molecular complexity index is 233. The van der Waals surface area contributed by atoms with E-state index in [1.54, 1.807) is 0 Å². The van der Waals surface area contributed by atoms with Crippen molar-refractivity contribution in [2.24, 2.45) is 0 Å². The van der Waals surface area contributed by atoms with Gasteiger partial charge in [0.1, 0.15) is 6.04 Å². The molecule has 0 bridgehead atoms. The Labute approximate surface area is 104 Å². The maximum absolute atomic E-state index is 11.8. The third kappa shape index (κ3) is 4.64. The standard InChI is InChI=1S/C13H25NO3/c1-4-5-7-12(13(15)16-3)14-8-6-9-17-11(2)10-14/h11-12H,4-10H2,1-3H3. The van der Waals surface area contributed by atoms with Crippen LogP contribution in [0.5, 0.6) is 0 Å². The van der Waals surface area contributed by atoms with Gasteiger partial charge in [0.25, 0.3) is 0 Å². The van der Waals surface area contributed by atoms with E-state index in [1.807, 2.05) is 0 Å². The average molecular weight is 243 g/mol. The molecule has 0 saturated carbocycles. The zero-order chi connectivity index (χ0) is 12.7. The summed E-state index contributed by atoms with van der Waals surface area (Å²) in [6.07, 6.45) is 4.24. The monoisotopic (exact) mass is 243 g/mol. The Balaban J connectivity index is 2.62. The van der Waals surface area contributed by atoms with Gasteiger partial charge in [-0.2, -0.15) is 0 Å². The Hall–Kier alpha value is -0.610. The molecule has 1 fully saturated rings. The highest BCUT2D eigenvalue weighted by atomic mass is 16.5. The van der Waals surface area contributed by atoms with Crippen molar-refractivity contribution in [2.75, 3.05) is 26.8 Å². The quantitative estimate of drug-likeness (QED) is 0.691. The van der Waals surface area contributed by atoms with Crippen molar-refractivity contribution in [3.63, 3.8) is 0 Å². The highest BCUT2D eigenvalue weighted by molar-refractivity contribution is 5.75. The molecule has 0 radical (unpaired) electrons. The van der Waals surface area contributed by atoms with Gasteiger partial charge < -0.3 is 9.47 Å². The highest BCUT2D eigenvalue weighted by Crippen LogP contribution is 2.15. The molecular formula is C13H25NO3. The lowest BCUT2D eigenvalue weighted by Crippen LogP contribution is -2.44. The van der Waals surface area contributed by atoms with Crippen LogP contribution >= 0.6 is 0 Å². The third-order valence-electron chi connectivity index (χ3n) is 3.23. The predicted molar refractivity (Wildman–Crippen MR) is 66.9 cm³/mol. The number of carbonyl (C=O) groups excluding carboxylic acids is 1. The summed E-state index contributed by atoms with van der Waals surface area (Å²) in [7, 11) is 1.47. The van der Waals surface area contributed by atoms with Gasteiger partial charge in [-0.1, -0.05) is 19.8 Å². The molecule has 1 aliphatic heterocycles. The Kier molecular flexibility index (Phi) is 6.52. The van der Waals surface area contributed by atoms with Gasteiger partial charge in [-0.25, -0.2) is 0 Å². The van der Waals surface area contributed by atoms with Crippen LogP contribution in [-0.4, -0.2) is 49.8 Å². The lowest BCUT2D eigenvalue weighted by Gasteiger charge is -2.29. The van der Waals surface area contributed by atoms with Crippen LogP contribution in [0.1, 0.15) is 39.5 Å². The van der Waals surface area contributed by atoms with Gasteiger partial charge in [0, 0.05) is 19.7 Å². The topological polar surface area (TPSA) is 38.8 Å². The summed E-state index contributed by atoms with van der Waals surface area (Å²) >= 11 is 0. The molecule has 4 nitrogen and oxygen atoms in total. The fraction of sp³-hybridized carbons (Fsp3) is 0.923. The lowest BCUT2D eigenvalue weighted by molar-refractivity contribution is -0.147. The summed E-state index contributed by atoms with van der Waals surface area (Å²) in [5.74, 6) is -0.104. The van der Waals surface area contributed by atoms with E-state index in [4.69, 9.17) is 9.47 Å². The molecule has 4 heteroatoms. The molecule has 1 saturated heterocycles. The molecule has 1 heterocycles. The van der Waals surface area contributed by atoms with Crippen LogP contribution in [0.4, 0.5) is 0 Å². The van der Waals surface area contributed by atoms with E-state index in [0.29, 0.717) is 0 Å². The first-order valence-corrected chi connectivity index (χ1v) is 6.62. The van der Waals surface area contributed by atoms with E-state index in [-0.39, 0.29) is 18.1 Å². The lowest BCUT2D eigenvalue weighted by atomic mass is 10.1. The number of rotatable bonds is 5. The molecule has 1 rings (SSSR count). The molecule has 2 unspecified atom stereocenters. The molecule has 0 aliphatic carbocycles. The summed E-state index contributed by atoms with van der Waals surface area (Å²) in [6.45, 7) is 6.74. The van der Waals surface area contributed by atoms with Crippen LogP contribution in [0.3, 0.4) is 0 Å². The third-order valence-corrected chi connectivity index (χ3v) is 3.23. The number of hydrogen-bond donors (Lipinski definition) is 0. The first kappa shape index (κ1) is 14.5. The van der Waals surface area contributed by atoms with Crippen molar-refractivity contribution >= 4 is 5.97 Å². The second-order valence-electron chi connectivity index (χ2n) is 4.71. The molecule has 0 aromatic heterocycles. The van der Waals surface area contributed by atoms with Crippen LogP contribution in [0, 0.1) is 0 Å². The van der Waals surface area contributed by atoms with Crippen LogP contribution < -0.4 is 0 Å². The van der Waals surface area contributed by atoms with Crippen molar-refractivity contribution in [2.45, 2.75) is 51.7 Å². The zero-order valence-electron chi connectivity index (χ0n) is 11.3. The molecule has 17 heavy (non-hydrogen) atoms. The largest absolute Gasteiger partial charge is 0.468 e. The van der Waals surface area contributed by atoms with Gasteiger partial charge in [-0.3, -0.25) is 9.69 Å². The molecule has 0 N–H and O–H groups in total. The fourth-order valence-electron chi connectivity index (χ4n) is 2.29. The summed E-state index contributed by atoms with van der Waals surface area (Å²) in [5, 5.41) is 0. The van der Waals surface area contributed by atoms with Crippen LogP contribution in [0.25, 0.3) is 0 Å². The second-order valence-corrected chi connectivity index (χ2v) is 4.71. The Morgan fingerprint density at radius 1 is 1.59 bits per heavy atom. The van der Waals surface area contributed by atoms with E-state index in [0.717, 1.165) is 45.4 Å². The molecule has 100 valence electrons. The van der Waals surface area contributed by atoms with E-state index >= 15 is 0 Å². The van der Waals surface area contributed by atoms with Crippen molar-refractivity contribution in [3.8, 4) is 0 Å². The minimum absolute atomic E-state index is 0.0934. The first-order chi connectivity index (χ1) is 8.19. The maximum atomic E-state index is 11.8. The average Bonchev–Trinajstić information content (AvgIpc) is 2.54. The van der Waals surface area contributed by atoms with Crippen molar-refractivity contribution < 1.29 is 14.3 Å². The first-order valence-electron chi connectivity index (χ1n) is 6.62. The van der Waals surface area contributed by atoms with Gasteiger partial charge in [-0.15, -0.1) is 0 Å². The minimum Gasteiger partial charge on any atom is -0.468 e. The van der Waals surface area contributed by atoms with Crippen LogP contribution in [-0.2, 0) is 14.3 Å². The van der Waals surface area contributed by atoms with Crippen molar-refractivity contribution in [1.29, 1.82) is 0 Å². The molecule has 1 aliphatic rings. The number of hydrogen-bond acceptors (Lipinski definition) is 4. The Morgan fingerprint density at radius 3 is 3.00 bits per heavy atom. The molecule has 0 aromatic carbocycles. The fourth-order valence-corrected chi connectivity index (χ4v) is 2.29. The summed E-state index contributed by atoms with van der Waals surface area (Å²) < 4.78 is 10.5. The molecule has 0 spiro atoms. The number of unbranched alkanes of at least 4 members (excludes halogenated alkanes) is 1. The Morgan fingerprint density at radius 2 is 2.35 bits per heavy atom. The van der Waals surface area contributed by atoms with E-state index in [1.165, 1.54) is 7.11 Å². The van der Waals surface area contributed by atoms with Gasteiger partial charge >= 0.3 is 5.97 Å². The van der Waals surface area contributed by atoms with E-state index in [2.05, 4.69) is 18.7 Å². The van der Waals surface area contributed by atoms with E-state index < -0.39 is 0 Å². The number of ether oxygens (including phenoxy) is 2. The molecule has 2 atom stereocenters. The molecule has 0 aromatic rings. The number of methoxy groups -OCH3 is 1. The van der Waals surface area contributed by atoms with Gasteiger partial charge in [0.15, 0.2) is 0 Å². The normalized spacial score (nSPS) is 24.1. The molecular weight excluding hydrogens is 218 g/mol. The smallest absolute Gasteiger partial charge is 0.323 e. The maximum Gasteiger partial charge on any atom is 0.323 e. The summed E-state index contributed by atoms with van der Waals surface area (Å²) in [6, 6.07) is -0.0934. The van der Waals surface area contributed by atoms with Gasteiger partial charge in [-0.05, 0) is 19.8 Å². The van der Waals surface area contributed by atoms with E-state index in [9.17, 15) is 4.79 Å². The van der Waals surface area contributed by atoms with Gasteiger partial charge in [0.05, 0.1) is 13.2 Å². The minimum atomic E-state index is -0.104. The highest BCUT2D eigenvalue weighted by Gasteiger charge is 2.28. The zero-order valence-corrected chi connectivity index (χ0v) is 11.3. The number of carbonyl (C=O) groups is 1. The van der Waals surface area contributed by atoms with Gasteiger partial charge in [0.2, 0.25) is 0 Å². The molecule has 0 amide bonds. The van der Waals surface area contributed by atoms with Crippen LogP contribution in [0.2, 0.25) is 0 Å². The van der Waals surface area contributed by atoms with Crippen molar-refractivity contribution in [1.82, 2.24) is 4.90 Å². The second kappa shape index (κ2) is 7.67. The van der Waals surface area contributed by atoms with Crippen molar-refractivity contribution in [3.05, 3.63) is 0 Å².